The highest BCUT2D eigenvalue weighted by molar-refractivity contribution is 6.18. The molecule has 0 aromatic heterocycles. The standard InChI is InChI=1S/C13H18ClN/c1-12(11-15-10-6-5-9-14)13-7-3-2-4-8-13/h2-8,12,15H,9-11H2,1H3/b6-5+. The summed E-state index contributed by atoms with van der Waals surface area (Å²) in [7, 11) is 0. The summed E-state index contributed by atoms with van der Waals surface area (Å²) in [6.45, 7) is 4.12. The van der Waals surface area contributed by atoms with E-state index in [4.69, 9.17) is 11.6 Å². The first-order valence-corrected chi connectivity index (χ1v) is 5.84. The van der Waals surface area contributed by atoms with Crippen LogP contribution in [0.2, 0.25) is 0 Å². The Bertz CT molecular complexity index is 282. The normalized spacial score (nSPS) is 13.2. The molecule has 0 aliphatic carbocycles. The fourth-order valence-electron chi connectivity index (χ4n) is 1.43. The molecule has 0 saturated carbocycles. The molecule has 0 aliphatic rings. The number of benzene rings is 1. The van der Waals surface area contributed by atoms with Crippen molar-refractivity contribution in [3.05, 3.63) is 48.0 Å². The first kappa shape index (κ1) is 12.3. The van der Waals surface area contributed by atoms with Crippen LogP contribution in [-0.4, -0.2) is 19.0 Å². The van der Waals surface area contributed by atoms with Gasteiger partial charge in [-0.3, -0.25) is 0 Å². The Hall–Kier alpha value is -0.790. The van der Waals surface area contributed by atoms with Gasteiger partial charge in [0.2, 0.25) is 0 Å². The van der Waals surface area contributed by atoms with Gasteiger partial charge in [-0.15, -0.1) is 11.6 Å². The summed E-state index contributed by atoms with van der Waals surface area (Å²) in [6.07, 6.45) is 4.02. The van der Waals surface area contributed by atoms with Crippen LogP contribution in [0.3, 0.4) is 0 Å². The molecule has 0 radical (unpaired) electrons. The first-order chi connectivity index (χ1) is 7.34. The Kier molecular flexibility index (Phi) is 6.14. The summed E-state index contributed by atoms with van der Waals surface area (Å²) in [5, 5.41) is 3.37. The largest absolute Gasteiger partial charge is 0.313 e. The molecule has 1 nitrogen and oxygen atoms in total. The molecule has 1 aromatic carbocycles. The highest BCUT2D eigenvalue weighted by Crippen LogP contribution is 2.12. The van der Waals surface area contributed by atoms with E-state index < -0.39 is 0 Å². The minimum atomic E-state index is 0.551. The van der Waals surface area contributed by atoms with Gasteiger partial charge in [0.1, 0.15) is 0 Å². The van der Waals surface area contributed by atoms with Gasteiger partial charge in [-0.1, -0.05) is 49.4 Å². The predicted octanol–water partition coefficient (Wildman–Crippen LogP) is 3.17. The average molecular weight is 224 g/mol. The number of nitrogens with one attached hydrogen (secondary N) is 1. The maximum Gasteiger partial charge on any atom is 0.0404 e. The minimum Gasteiger partial charge on any atom is -0.313 e. The van der Waals surface area contributed by atoms with E-state index in [1.165, 1.54) is 5.56 Å². The fourth-order valence-corrected chi connectivity index (χ4v) is 1.55. The summed E-state index contributed by atoms with van der Waals surface area (Å²) in [4.78, 5) is 0. The highest BCUT2D eigenvalue weighted by atomic mass is 35.5. The lowest BCUT2D eigenvalue weighted by atomic mass is 10.0. The van der Waals surface area contributed by atoms with Crippen molar-refractivity contribution in [3.8, 4) is 0 Å². The lowest BCUT2D eigenvalue weighted by Gasteiger charge is -2.11. The zero-order valence-corrected chi connectivity index (χ0v) is 9.87. The van der Waals surface area contributed by atoms with Crippen LogP contribution in [-0.2, 0) is 0 Å². The molecule has 1 aromatic rings. The molecule has 1 N–H and O–H groups in total. The number of alkyl halides is 1. The van der Waals surface area contributed by atoms with Crippen molar-refractivity contribution in [2.75, 3.05) is 19.0 Å². The Balaban J connectivity index is 2.25. The zero-order chi connectivity index (χ0) is 10.9. The number of halogens is 1. The summed E-state index contributed by atoms with van der Waals surface area (Å²) in [5.74, 6) is 1.14. The number of allylic oxidation sites excluding steroid dienone is 1. The summed E-state index contributed by atoms with van der Waals surface area (Å²) in [5.41, 5.74) is 1.38. The second kappa shape index (κ2) is 7.49. The monoisotopic (exact) mass is 223 g/mol. The van der Waals surface area contributed by atoms with Crippen molar-refractivity contribution < 1.29 is 0 Å². The van der Waals surface area contributed by atoms with E-state index in [1.807, 2.05) is 12.1 Å². The van der Waals surface area contributed by atoms with E-state index in [0.717, 1.165) is 13.1 Å². The summed E-state index contributed by atoms with van der Waals surface area (Å²) >= 11 is 5.52. The topological polar surface area (TPSA) is 12.0 Å². The average Bonchev–Trinajstić information content (AvgIpc) is 2.30. The third kappa shape index (κ3) is 5.01. The second-order valence-corrected chi connectivity index (χ2v) is 3.90. The Labute approximate surface area is 97.1 Å². The molecule has 1 atom stereocenters. The molecule has 0 bridgehead atoms. The van der Waals surface area contributed by atoms with E-state index in [0.29, 0.717) is 11.8 Å². The summed E-state index contributed by atoms with van der Waals surface area (Å²) < 4.78 is 0. The van der Waals surface area contributed by atoms with Gasteiger partial charge in [0.05, 0.1) is 0 Å². The number of hydrogen-bond donors (Lipinski definition) is 1. The van der Waals surface area contributed by atoms with E-state index in [9.17, 15) is 0 Å². The molecule has 82 valence electrons. The zero-order valence-electron chi connectivity index (χ0n) is 9.12. The molecular formula is C13H18ClN. The summed E-state index contributed by atoms with van der Waals surface area (Å²) in [6, 6.07) is 10.5. The molecule has 0 spiro atoms. The Morgan fingerprint density at radius 3 is 2.67 bits per heavy atom. The molecule has 0 fully saturated rings. The molecule has 0 saturated heterocycles. The van der Waals surface area contributed by atoms with Gasteiger partial charge in [0.25, 0.3) is 0 Å². The Morgan fingerprint density at radius 1 is 1.27 bits per heavy atom. The third-order valence-electron chi connectivity index (χ3n) is 2.34. The van der Waals surface area contributed by atoms with Crippen molar-refractivity contribution in [1.82, 2.24) is 5.32 Å². The van der Waals surface area contributed by atoms with Gasteiger partial charge in [-0.05, 0) is 11.5 Å². The highest BCUT2D eigenvalue weighted by Gasteiger charge is 2.02. The molecular weight excluding hydrogens is 206 g/mol. The van der Waals surface area contributed by atoms with Crippen LogP contribution in [0.5, 0.6) is 0 Å². The fraction of sp³-hybridized carbons (Fsp3) is 0.385. The van der Waals surface area contributed by atoms with Gasteiger partial charge in [-0.2, -0.15) is 0 Å². The van der Waals surface area contributed by atoms with Crippen LogP contribution in [0.1, 0.15) is 18.4 Å². The lowest BCUT2D eigenvalue weighted by molar-refractivity contribution is 0.651. The van der Waals surface area contributed by atoms with Gasteiger partial charge in [0, 0.05) is 19.0 Å². The van der Waals surface area contributed by atoms with Crippen LogP contribution in [0, 0.1) is 0 Å². The van der Waals surface area contributed by atoms with Crippen LogP contribution in [0.4, 0.5) is 0 Å². The predicted molar refractivity (Wildman–Crippen MR) is 67.6 cm³/mol. The van der Waals surface area contributed by atoms with E-state index in [-0.39, 0.29) is 0 Å². The maximum absolute atomic E-state index is 5.52. The van der Waals surface area contributed by atoms with Crippen molar-refractivity contribution in [2.45, 2.75) is 12.8 Å². The smallest absolute Gasteiger partial charge is 0.0404 e. The molecule has 0 aliphatic heterocycles. The molecule has 0 heterocycles. The van der Waals surface area contributed by atoms with Crippen LogP contribution < -0.4 is 5.32 Å². The third-order valence-corrected chi connectivity index (χ3v) is 2.52. The lowest BCUT2D eigenvalue weighted by Crippen LogP contribution is -2.20. The molecule has 1 rings (SSSR count). The van der Waals surface area contributed by atoms with Crippen molar-refractivity contribution >= 4 is 11.6 Å². The van der Waals surface area contributed by atoms with Crippen molar-refractivity contribution in [2.24, 2.45) is 0 Å². The van der Waals surface area contributed by atoms with Gasteiger partial charge in [0.15, 0.2) is 0 Å². The molecule has 0 amide bonds. The van der Waals surface area contributed by atoms with Gasteiger partial charge >= 0.3 is 0 Å². The number of hydrogen-bond acceptors (Lipinski definition) is 1. The quantitative estimate of drug-likeness (QED) is 0.444. The van der Waals surface area contributed by atoms with E-state index in [1.54, 1.807) is 0 Å². The van der Waals surface area contributed by atoms with Crippen molar-refractivity contribution in [3.63, 3.8) is 0 Å². The van der Waals surface area contributed by atoms with E-state index >= 15 is 0 Å². The van der Waals surface area contributed by atoms with Crippen LogP contribution in [0.15, 0.2) is 42.5 Å². The molecule has 1 unspecified atom stereocenters. The van der Waals surface area contributed by atoms with Gasteiger partial charge in [-0.25, -0.2) is 0 Å². The van der Waals surface area contributed by atoms with E-state index in [2.05, 4.69) is 42.6 Å². The number of rotatable bonds is 6. The molecule has 2 heteroatoms. The van der Waals surface area contributed by atoms with Crippen LogP contribution in [0.25, 0.3) is 0 Å². The minimum absolute atomic E-state index is 0.551. The second-order valence-electron chi connectivity index (χ2n) is 3.60. The first-order valence-electron chi connectivity index (χ1n) is 5.31. The SMILES string of the molecule is CC(CNC/C=C/CCl)c1ccccc1. The van der Waals surface area contributed by atoms with Gasteiger partial charge < -0.3 is 5.32 Å². The Morgan fingerprint density at radius 2 is 2.00 bits per heavy atom. The maximum atomic E-state index is 5.52. The van der Waals surface area contributed by atoms with Crippen molar-refractivity contribution in [1.29, 1.82) is 0 Å². The molecule has 15 heavy (non-hydrogen) atoms. The van der Waals surface area contributed by atoms with Crippen LogP contribution >= 0.6 is 11.6 Å².